The van der Waals surface area contributed by atoms with Crippen LogP contribution in [0, 0.1) is 0 Å². The quantitative estimate of drug-likeness (QED) is 0.523. The van der Waals surface area contributed by atoms with Crippen molar-refractivity contribution in [3.05, 3.63) is 65.2 Å². The Morgan fingerprint density at radius 2 is 1.81 bits per heavy atom. The number of aryl methyl sites for hydroxylation is 1. The number of rotatable bonds is 6. The number of hydrogen-bond donors (Lipinski definition) is 1. The van der Waals surface area contributed by atoms with Gasteiger partial charge in [0.05, 0.1) is 22.7 Å². The van der Waals surface area contributed by atoms with Crippen molar-refractivity contribution in [1.29, 1.82) is 0 Å². The number of amides is 1. The van der Waals surface area contributed by atoms with Crippen LogP contribution in [-0.2, 0) is 17.9 Å². The highest BCUT2D eigenvalue weighted by atomic mass is 16.2. The van der Waals surface area contributed by atoms with Gasteiger partial charge in [-0.15, -0.1) is 5.10 Å². The third-order valence-corrected chi connectivity index (χ3v) is 4.35. The molecule has 8 heteroatoms. The Labute approximate surface area is 154 Å². The Bertz CT molecular complexity index is 1160. The summed E-state index contributed by atoms with van der Waals surface area (Å²) < 4.78 is 3.14. The van der Waals surface area contributed by atoms with Gasteiger partial charge < -0.3 is 9.88 Å². The van der Waals surface area contributed by atoms with Crippen molar-refractivity contribution in [2.24, 2.45) is 0 Å². The van der Waals surface area contributed by atoms with Crippen LogP contribution in [0.5, 0.6) is 0 Å². The molecule has 0 aliphatic rings. The maximum atomic E-state index is 12.3. The van der Waals surface area contributed by atoms with E-state index >= 15 is 0 Å². The molecule has 1 N–H and O–H groups in total. The van der Waals surface area contributed by atoms with E-state index in [0.717, 1.165) is 28.7 Å². The lowest BCUT2D eigenvalue weighted by molar-refractivity contribution is -0.121. The lowest BCUT2D eigenvalue weighted by Crippen LogP contribution is -2.34. The van der Waals surface area contributed by atoms with Crippen LogP contribution in [0.1, 0.15) is 6.42 Å². The van der Waals surface area contributed by atoms with Crippen LogP contribution in [0.3, 0.4) is 0 Å². The first-order valence-corrected chi connectivity index (χ1v) is 8.71. The Morgan fingerprint density at radius 3 is 2.70 bits per heavy atom. The normalized spacial score (nSPS) is 11.1. The number of fused-ring (bicyclic) bond motifs is 2. The average Bonchev–Trinajstić information content (AvgIpc) is 3.11. The fourth-order valence-electron chi connectivity index (χ4n) is 2.98. The number of benzene rings is 2. The molecule has 0 saturated carbocycles. The fraction of sp³-hybridized carbons (Fsp3) is 0.211. The molecule has 8 nitrogen and oxygen atoms in total. The van der Waals surface area contributed by atoms with E-state index < -0.39 is 0 Å². The van der Waals surface area contributed by atoms with Crippen LogP contribution in [0.15, 0.2) is 59.7 Å². The molecule has 0 atom stereocenters. The number of imidazole rings is 1. The summed E-state index contributed by atoms with van der Waals surface area (Å²) in [5.74, 6) is -0.267. The highest BCUT2D eigenvalue weighted by Crippen LogP contribution is 2.11. The largest absolute Gasteiger partial charge is 0.354 e. The van der Waals surface area contributed by atoms with Crippen molar-refractivity contribution in [3.63, 3.8) is 0 Å². The van der Waals surface area contributed by atoms with Crippen LogP contribution >= 0.6 is 0 Å². The Hall–Kier alpha value is -3.55. The van der Waals surface area contributed by atoms with Gasteiger partial charge >= 0.3 is 0 Å². The van der Waals surface area contributed by atoms with Crippen molar-refractivity contribution in [1.82, 2.24) is 29.9 Å². The van der Waals surface area contributed by atoms with Crippen LogP contribution in [0.25, 0.3) is 21.9 Å². The topological polar surface area (TPSA) is 94.7 Å². The van der Waals surface area contributed by atoms with Gasteiger partial charge in [0.15, 0.2) is 0 Å². The number of para-hydroxylation sites is 2. The van der Waals surface area contributed by atoms with Gasteiger partial charge in [0.1, 0.15) is 12.1 Å². The van der Waals surface area contributed by atoms with E-state index in [2.05, 4.69) is 25.2 Å². The second-order valence-corrected chi connectivity index (χ2v) is 6.20. The Kier molecular flexibility index (Phi) is 4.61. The lowest BCUT2D eigenvalue weighted by atomic mass is 10.2. The number of hydrogen-bond acceptors (Lipinski definition) is 5. The van der Waals surface area contributed by atoms with Crippen LogP contribution in [-0.4, -0.2) is 37.0 Å². The Morgan fingerprint density at radius 1 is 1.04 bits per heavy atom. The zero-order chi connectivity index (χ0) is 18.6. The average molecular weight is 362 g/mol. The number of nitrogens with zero attached hydrogens (tertiary/aromatic N) is 5. The SMILES string of the molecule is O=C(Cn1nnc2ccccc2c1=O)NCCCn1cnc2ccccc21. The molecule has 1 amide bonds. The summed E-state index contributed by atoms with van der Waals surface area (Å²) in [6, 6.07) is 14.9. The van der Waals surface area contributed by atoms with Crippen LogP contribution in [0.4, 0.5) is 0 Å². The summed E-state index contributed by atoms with van der Waals surface area (Å²) in [6.07, 6.45) is 2.56. The van der Waals surface area contributed by atoms with E-state index in [1.807, 2.05) is 24.3 Å². The van der Waals surface area contributed by atoms with E-state index in [0.29, 0.717) is 17.4 Å². The zero-order valence-electron chi connectivity index (χ0n) is 14.6. The minimum absolute atomic E-state index is 0.148. The first-order valence-electron chi connectivity index (χ1n) is 8.71. The standard InChI is InChI=1S/C19H18N6O2/c26-18(12-25-19(27)14-6-1-2-7-15(14)22-23-25)20-10-5-11-24-13-21-16-8-3-4-9-17(16)24/h1-4,6-9,13H,5,10-12H2,(H,20,26). The predicted molar refractivity (Wildman–Crippen MR) is 101 cm³/mol. The van der Waals surface area contributed by atoms with E-state index in [4.69, 9.17) is 0 Å². The summed E-state index contributed by atoms with van der Waals surface area (Å²) in [7, 11) is 0. The highest BCUT2D eigenvalue weighted by Gasteiger charge is 2.09. The lowest BCUT2D eigenvalue weighted by Gasteiger charge is -2.08. The monoisotopic (exact) mass is 362 g/mol. The zero-order valence-corrected chi connectivity index (χ0v) is 14.6. The highest BCUT2D eigenvalue weighted by molar-refractivity contribution is 5.78. The van der Waals surface area contributed by atoms with Gasteiger partial charge in [-0.2, -0.15) is 0 Å². The molecule has 4 rings (SSSR count). The van der Waals surface area contributed by atoms with Gasteiger partial charge in [-0.1, -0.05) is 29.5 Å². The van der Waals surface area contributed by atoms with Crippen molar-refractivity contribution in [3.8, 4) is 0 Å². The maximum Gasteiger partial charge on any atom is 0.278 e. The first-order chi connectivity index (χ1) is 13.2. The molecule has 2 aromatic carbocycles. The summed E-state index contributed by atoms with van der Waals surface area (Å²) >= 11 is 0. The summed E-state index contributed by atoms with van der Waals surface area (Å²) in [4.78, 5) is 28.8. The third kappa shape index (κ3) is 3.55. The van der Waals surface area contributed by atoms with E-state index in [-0.39, 0.29) is 18.0 Å². The smallest absolute Gasteiger partial charge is 0.278 e. The molecule has 2 heterocycles. The second kappa shape index (κ2) is 7.36. The first kappa shape index (κ1) is 16.9. The van der Waals surface area contributed by atoms with Gasteiger partial charge in [0.25, 0.3) is 5.56 Å². The molecule has 0 bridgehead atoms. The van der Waals surface area contributed by atoms with Crippen molar-refractivity contribution in [2.75, 3.05) is 6.54 Å². The predicted octanol–water partition coefficient (Wildman–Crippen LogP) is 1.35. The molecule has 0 aliphatic heterocycles. The summed E-state index contributed by atoms with van der Waals surface area (Å²) in [5.41, 5.74) is 2.23. The van der Waals surface area contributed by atoms with Crippen molar-refractivity contribution in [2.45, 2.75) is 19.5 Å². The number of aromatic nitrogens is 5. The van der Waals surface area contributed by atoms with Gasteiger partial charge in [0.2, 0.25) is 5.91 Å². The van der Waals surface area contributed by atoms with Crippen LogP contribution in [0.2, 0.25) is 0 Å². The molecule has 0 saturated heterocycles. The molecule has 0 aliphatic carbocycles. The van der Waals surface area contributed by atoms with Gasteiger partial charge in [-0.05, 0) is 30.7 Å². The van der Waals surface area contributed by atoms with E-state index in [9.17, 15) is 9.59 Å². The number of carbonyl (C=O) groups is 1. The van der Waals surface area contributed by atoms with Crippen molar-refractivity contribution < 1.29 is 4.79 Å². The number of nitrogens with one attached hydrogen (secondary N) is 1. The molecule has 4 aromatic rings. The minimum atomic E-state index is -0.319. The Balaban J connectivity index is 1.32. The molecular weight excluding hydrogens is 344 g/mol. The van der Waals surface area contributed by atoms with E-state index in [1.54, 1.807) is 30.6 Å². The molecule has 0 unspecified atom stereocenters. The molecule has 27 heavy (non-hydrogen) atoms. The molecule has 0 radical (unpaired) electrons. The molecule has 136 valence electrons. The summed E-state index contributed by atoms with van der Waals surface area (Å²) in [6.45, 7) is 1.10. The summed E-state index contributed by atoms with van der Waals surface area (Å²) in [5, 5.41) is 11.1. The van der Waals surface area contributed by atoms with Gasteiger partial charge in [0, 0.05) is 13.1 Å². The van der Waals surface area contributed by atoms with E-state index in [1.165, 1.54) is 0 Å². The number of carbonyl (C=O) groups excluding carboxylic acids is 1. The fourth-order valence-corrected chi connectivity index (χ4v) is 2.98. The molecular formula is C19H18N6O2. The van der Waals surface area contributed by atoms with Crippen molar-refractivity contribution >= 4 is 27.8 Å². The van der Waals surface area contributed by atoms with Crippen LogP contribution < -0.4 is 10.9 Å². The molecule has 0 fully saturated rings. The molecule has 2 aromatic heterocycles. The third-order valence-electron chi connectivity index (χ3n) is 4.35. The molecule has 0 spiro atoms. The maximum absolute atomic E-state index is 12.3. The minimum Gasteiger partial charge on any atom is -0.354 e. The van der Waals surface area contributed by atoms with Gasteiger partial charge in [-0.3, -0.25) is 9.59 Å². The van der Waals surface area contributed by atoms with Gasteiger partial charge in [-0.25, -0.2) is 9.67 Å². The second-order valence-electron chi connectivity index (χ2n) is 6.20.